The Morgan fingerprint density at radius 3 is 3.00 bits per heavy atom. The third kappa shape index (κ3) is 2.52. The van der Waals surface area contributed by atoms with Crippen molar-refractivity contribution in [2.75, 3.05) is 11.9 Å². The van der Waals surface area contributed by atoms with Crippen LogP contribution in [0.2, 0.25) is 5.15 Å². The SMILES string of the molecule is Cc1c2c(nn1-c1ccnn1C)OCCCn1nc(Cl)c3cnc(nc31)N2. The Morgan fingerprint density at radius 2 is 2.19 bits per heavy atom. The molecule has 1 N–H and O–H groups in total. The minimum atomic E-state index is 0.399. The van der Waals surface area contributed by atoms with Crippen molar-refractivity contribution < 1.29 is 4.74 Å². The molecule has 0 aliphatic carbocycles. The molecule has 2 bridgehead atoms. The topological polar surface area (TPSA) is 101 Å². The normalized spacial score (nSPS) is 13.9. The summed E-state index contributed by atoms with van der Waals surface area (Å²) < 4.78 is 11.3. The summed E-state index contributed by atoms with van der Waals surface area (Å²) in [6.07, 6.45) is 4.14. The zero-order valence-corrected chi connectivity index (χ0v) is 15.5. The standard InChI is InChI=1S/C16H16ClN9O/c1-9-12-15(23-26(9)11-4-5-19-24(11)2)27-7-3-6-25-14-10(13(17)22-25)8-18-16(20-12)21-14/h4-5,8H,3,6-7H2,1-2H3,(H,18,20,21). The molecule has 0 spiro atoms. The van der Waals surface area contributed by atoms with E-state index in [2.05, 4.69) is 30.6 Å². The predicted octanol–water partition coefficient (Wildman–Crippen LogP) is 2.23. The summed E-state index contributed by atoms with van der Waals surface area (Å²) in [5, 5.41) is 17.5. The van der Waals surface area contributed by atoms with Crippen molar-refractivity contribution in [1.82, 2.24) is 39.3 Å². The first-order valence-corrected chi connectivity index (χ1v) is 8.86. The second kappa shape index (κ2) is 5.95. The van der Waals surface area contributed by atoms with Gasteiger partial charge in [0, 0.05) is 32.3 Å². The van der Waals surface area contributed by atoms with Crippen molar-refractivity contribution in [1.29, 1.82) is 0 Å². The molecule has 1 aliphatic rings. The van der Waals surface area contributed by atoms with E-state index in [0.29, 0.717) is 35.8 Å². The Labute approximate surface area is 158 Å². The van der Waals surface area contributed by atoms with Gasteiger partial charge in [0.05, 0.1) is 23.9 Å². The maximum atomic E-state index is 6.20. The number of hydrogen-bond donors (Lipinski definition) is 1. The molecule has 0 aromatic carbocycles. The molecule has 10 nitrogen and oxygen atoms in total. The smallest absolute Gasteiger partial charge is 0.257 e. The van der Waals surface area contributed by atoms with Crippen LogP contribution < -0.4 is 10.1 Å². The van der Waals surface area contributed by atoms with E-state index in [1.807, 2.05) is 20.0 Å². The highest BCUT2D eigenvalue weighted by molar-refractivity contribution is 6.34. The number of halogens is 1. The van der Waals surface area contributed by atoms with E-state index in [4.69, 9.17) is 16.3 Å². The van der Waals surface area contributed by atoms with Crippen LogP contribution in [0.1, 0.15) is 12.1 Å². The van der Waals surface area contributed by atoms with Crippen molar-refractivity contribution in [2.45, 2.75) is 19.9 Å². The number of aromatic nitrogens is 8. The van der Waals surface area contributed by atoms with Crippen molar-refractivity contribution in [3.05, 3.63) is 29.3 Å². The van der Waals surface area contributed by atoms with Crippen LogP contribution in [-0.4, -0.2) is 45.9 Å². The van der Waals surface area contributed by atoms with Crippen molar-refractivity contribution in [3.8, 4) is 11.7 Å². The minimum Gasteiger partial charge on any atom is -0.475 e. The number of nitrogens with one attached hydrogen (secondary N) is 1. The fraction of sp³-hybridized carbons (Fsp3) is 0.312. The van der Waals surface area contributed by atoms with E-state index in [-0.39, 0.29) is 0 Å². The van der Waals surface area contributed by atoms with Crippen molar-refractivity contribution in [2.24, 2.45) is 7.05 Å². The molecule has 27 heavy (non-hydrogen) atoms. The van der Waals surface area contributed by atoms with Gasteiger partial charge in [-0.15, -0.1) is 5.10 Å². The molecule has 5 rings (SSSR count). The van der Waals surface area contributed by atoms with Gasteiger partial charge in [0.15, 0.2) is 16.6 Å². The van der Waals surface area contributed by atoms with Gasteiger partial charge in [-0.25, -0.2) is 14.3 Å². The second-order valence-electron chi connectivity index (χ2n) is 6.26. The fourth-order valence-corrected chi connectivity index (χ4v) is 3.38. The van der Waals surface area contributed by atoms with E-state index in [0.717, 1.165) is 29.0 Å². The average Bonchev–Trinajstić information content (AvgIpc) is 3.30. The zero-order chi connectivity index (χ0) is 18.5. The predicted molar refractivity (Wildman–Crippen MR) is 98.8 cm³/mol. The molecule has 5 heterocycles. The largest absolute Gasteiger partial charge is 0.475 e. The molecular formula is C16H16ClN9O. The van der Waals surface area contributed by atoms with E-state index in [1.165, 1.54) is 0 Å². The molecule has 1 aliphatic heterocycles. The monoisotopic (exact) mass is 385 g/mol. The van der Waals surface area contributed by atoms with Gasteiger partial charge >= 0.3 is 0 Å². The first-order chi connectivity index (χ1) is 13.1. The molecular weight excluding hydrogens is 370 g/mol. The second-order valence-corrected chi connectivity index (χ2v) is 6.62. The lowest BCUT2D eigenvalue weighted by atomic mass is 10.3. The van der Waals surface area contributed by atoms with Crippen LogP contribution in [0.5, 0.6) is 5.88 Å². The maximum absolute atomic E-state index is 6.20. The third-order valence-electron chi connectivity index (χ3n) is 4.53. The lowest BCUT2D eigenvalue weighted by Gasteiger charge is -2.07. The summed E-state index contributed by atoms with van der Waals surface area (Å²) in [4.78, 5) is 8.96. The Hall–Kier alpha value is -3.14. The van der Waals surface area contributed by atoms with Gasteiger partial charge < -0.3 is 10.1 Å². The Morgan fingerprint density at radius 1 is 1.30 bits per heavy atom. The van der Waals surface area contributed by atoms with Crippen LogP contribution in [0.25, 0.3) is 16.9 Å². The van der Waals surface area contributed by atoms with Gasteiger partial charge in [-0.2, -0.15) is 15.2 Å². The maximum Gasteiger partial charge on any atom is 0.257 e. The number of ether oxygens (including phenoxy) is 1. The fourth-order valence-electron chi connectivity index (χ4n) is 3.15. The highest BCUT2D eigenvalue weighted by Crippen LogP contribution is 2.32. The van der Waals surface area contributed by atoms with Gasteiger partial charge in [-0.3, -0.25) is 4.68 Å². The summed E-state index contributed by atoms with van der Waals surface area (Å²) >= 11 is 6.20. The Kier molecular flexibility index (Phi) is 3.54. The summed E-state index contributed by atoms with van der Waals surface area (Å²) in [7, 11) is 1.87. The molecule has 0 radical (unpaired) electrons. The number of fused-ring (bicyclic) bond motifs is 2. The summed E-state index contributed by atoms with van der Waals surface area (Å²) in [5.74, 6) is 1.76. The van der Waals surface area contributed by atoms with Crippen molar-refractivity contribution in [3.63, 3.8) is 0 Å². The Bertz CT molecular complexity index is 1160. The van der Waals surface area contributed by atoms with Crippen LogP contribution in [0, 0.1) is 6.92 Å². The molecule has 0 saturated carbocycles. The molecule has 0 atom stereocenters. The summed E-state index contributed by atoms with van der Waals surface area (Å²) in [5.41, 5.74) is 2.27. The molecule has 11 heteroatoms. The summed E-state index contributed by atoms with van der Waals surface area (Å²) in [6, 6.07) is 1.89. The minimum absolute atomic E-state index is 0.399. The van der Waals surface area contributed by atoms with E-state index in [9.17, 15) is 0 Å². The van der Waals surface area contributed by atoms with E-state index >= 15 is 0 Å². The van der Waals surface area contributed by atoms with Crippen molar-refractivity contribution >= 4 is 34.3 Å². The van der Waals surface area contributed by atoms with Crippen LogP contribution in [0.4, 0.5) is 11.6 Å². The number of nitrogens with zero attached hydrogens (tertiary/aromatic N) is 8. The number of hydrogen-bond acceptors (Lipinski definition) is 7. The molecule has 4 aromatic heterocycles. The van der Waals surface area contributed by atoms with Gasteiger partial charge in [0.1, 0.15) is 5.69 Å². The molecule has 0 fully saturated rings. The van der Waals surface area contributed by atoms with Crippen LogP contribution in [0.3, 0.4) is 0 Å². The first-order valence-electron chi connectivity index (χ1n) is 8.48. The number of anilines is 2. The Balaban J connectivity index is 1.65. The van der Waals surface area contributed by atoms with Gasteiger partial charge in [0.2, 0.25) is 5.95 Å². The summed E-state index contributed by atoms with van der Waals surface area (Å²) in [6.45, 7) is 3.07. The molecule has 138 valence electrons. The molecule has 4 aromatic rings. The van der Waals surface area contributed by atoms with Crippen LogP contribution in [-0.2, 0) is 13.6 Å². The zero-order valence-electron chi connectivity index (χ0n) is 14.7. The molecule has 0 amide bonds. The lowest BCUT2D eigenvalue weighted by molar-refractivity contribution is 0.288. The number of aryl methyl sites for hydroxylation is 2. The molecule has 0 unspecified atom stereocenters. The average molecular weight is 386 g/mol. The number of rotatable bonds is 1. The highest BCUT2D eigenvalue weighted by atomic mass is 35.5. The van der Waals surface area contributed by atoms with E-state index < -0.39 is 0 Å². The third-order valence-corrected chi connectivity index (χ3v) is 4.81. The van der Waals surface area contributed by atoms with Gasteiger partial charge in [0.25, 0.3) is 5.88 Å². The van der Waals surface area contributed by atoms with Gasteiger partial charge in [-0.05, 0) is 6.92 Å². The van der Waals surface area contributed by atoms with Crippen LogP contribution in [0.15, 0.2) is 18.5 Å². The van der Waals surface area contributed by atoms with E-state index in [1.54, 1.807) is 26.4 Å². The van der Waals surface area contributed by atoms with Gasteiger partial charge in [-0.1, -0.05) is 11.6 Å². The first kappa shape index (κ1) is 16.1. The quantitative estimate of drug-likeness (QED) is 0.536. The highest BCUT2D eigenvalue weighted by Gasteiger charge is 2.21. The molecule has 0 saturated heterocycles. The lowest BCUT2D eigenvalue weighted by Crippen LogP contribution is -2.08. The van der Waals surface area contributed by atoms with Crippen LogP contribution >= 0.6 is 11.6 Å².